The SMILES string of the molecule is CCOC(=O)C1=C(C)NC2=C(C(=O)C[C@H](c3ccc(OC)c(OC)c3)C2)[C@H]1c1ccc(OC(C)=O)c(OC)c1. The summed E-state index contributed by atoms with van der Waals surface area (Å²) in [7, 11) is 4.62. The van der Waals surface area contributed by atoms with Crippen molar-refractivity contribution in [1.82, 2.24) is 5.32 Å². The molecule has 39 heavy (non-hydrogen) atoms. The van der Waals surface area contributed by atoms with E-state index in [0.717, 1.165) is 11.3 Å². The Hall–Kier alpha value is -4.27. The molecule has 206 valence electrons. The number of hydrogen-bond donors (Lipinski definition) is 1. The average molecular weight is 536 g/mol. The third kappa shape index (κ3) is 5.48. The quantitative estimate of drug-likeness (QED) is 0.384. The molecule has 0 amide bonds. The topological polar surface area (TPSA) is 109 Å². The smallest absolute Gasteiger partial charge is 0.336 e. The molecule has 0 bridgehead atoms. The minimum Gasteiger partial charge on any atom is -0.493 e. The number of esters is 2. The lowest BCUT2D eigenvalue weighted by atomic mass is 9.71. The summed E-state index contributed by atoms with van der Waals surface area (Å²) in [4.78, 5) is 38.6. The number of nitrogens with one attached hydrogen (secondary N) is 1. The predicted molar refractivity (Wildman–Crippen MR) is 143 cm³/mol. The van der Waals surface area contributed by atoms with Gasteiger partial charge in [0.05, 0.1) is 33.5 Å². The number of carbonyl (C=O) groups excluding carboxylic acids is 3. The summed E-state index contributed by atoms with van der Waals surface area (Å²) in [5, 5.41) is 3.34. The molecule has 0 saturated heterocycles. The minimum atomic E-state index is -0.681. The summed E-state index contributed by atoms with van der Waals surface area (Å²) >= 11 is 0. The van der Waals surface area contributed by atoms with Crippen molar-refractivity contribution in [3.05, 3.63) is 70.1 Å². The zero-order valence-corrected chi connectivity index (χ0v) is 23.0. The van der Waals surface area contributed by atoms with Crippen molar-refractivity contribution in [3.8, 4) is 23.0 Å². The Morgan fingerprint density at radius 3 is 2.15 bits per heavy atom. The molecule has 2 aromatic carbocycles. The normalized spacial score (nSPS) is 18.7. The highest BCUT2D eigenvalue weighted by Crippen LogP contribution is 2.47. The summed E-state index contributed by atoms with van der Waals surface area (Å²) in [6.45, 7) is 5.04. The molecule has 0 aromatic heterocycles. The molecule has 0 saturated carbocycles. The predicted octanol–water partition coefficient (Wildman–Crippen LogP) is 4.56. The monoisotopic (exact) mass is 535 g/mol. The second kappa shape index (κ2) is 11.6. The van der Waals surface area contributed by atoms with Gasteiger partial charge >= 0.3 is 11.9 Å². The van der Waals surface area contributed by atoms with Gasteiger partial charge in [0, 0.05) is 36.2 Å². The highest BCUT2D eigenvalue weighted by Gasteiger charge is 2.41. The van der Waals surface area contributed by atoms with E-state index in [1.54, 1.807) is 46.3 Å². The van der Waals surface area contributed by atoms with E-state index >= 15 is 0 Å². The van der Waals surface area contributed by atoms with Gasteiger partial charge in [-0.05, 0) is 61.6 Å². The summed E-state index contributed by atoms with van der Waals surface area (Å²) in [5.74, 6) is -0.0706. The second-order valence-electron chi connectivity index (χ2n) is 9.36. The molecule has 2 atom stereocenters. The second-order valence-corrected chi connectivity index (χ2v) is 9.36. The fourth-order valence-electron chi connectivity index (χ4n) is 5.30. The summed E-state index contributed by atoms with van der Waals surface area (Å²) in [6.07, 6.45) is 0.813. The van der Waals surface area contributed by atoms with Crippen molar-refractivity contribution in [2.24, 2.45) is 0 Å². The minimum absolute atomic E-state index is 0.0779. The molecule has 0 spiro atoms. The molecule has 2 aliphatic rings. The van der Waals surface area contributed by atoms with E-state index in [-0.39, 0.29) is 30.5 Å². The van der Waals surface area contributed by atoms with Crippen molar-refractivity contribution in [2.45, 2.75) is 45.4 Å². The van der Waals surface area contributed by atoms with Crippen LogP contribution in [0.5, 0.6) is 23.0 Å². The van der Waals surface area contributed by atoms with E-state index in [4.69, 9.17) is 23.7 Å². The molecule has 1 aliphatic heterocycles. The highest BCUT2D eigenvalue weighted by atomic mass is 16.6. The number of allylic oxidation sites excluding steroid dienone is 3. The molecule has 9 nitrogen and oxygen atoms in total. The maximum Gasteiger partial charge on any atom is 0.336 e. The molecule has 1 aliphatic carbocycles. The van der Waals surface area contributed by atoms with Crippen LogP contribution in [0.4, 0.5) is 0 Å². The standard InChI is InChI=1S/C30H33NO8/c1-7-38-30(34)27-16(2)31-21-12-20(18-8-10-23(35-4)25(14-18)36-5)13-22(33)29(21)28(27)19-9-11-24(39-17(3)32)26(15-19)37-6/h8-11,14-15,20,28,31H,7,12-13H2,1-6H3/t20-,28+/m1/s1. The zero-order valence-electron chi connectivity index (χ0n) is 23.0. The molecule has 4 rings (SSSR count). The molecule has 0 unspecified atom stereocenters. The summed E-state index contributed by atoms with van der Waals surface area (Å²) in [5.41, 5.74) is 3.84. The zero-order chi connectivity index (χ0) is 28.3. The maximum absolute atomic E-state index is 13.8. The van der Waals surface area contributed by atoms with Crippen molar-refractivity contribution in [2.75, 3.05) is 27.9 Å². The Morgan fingerprint density at radius 1 is 0.897 bits per heavy atom. The van der Waals surface area contributed by atoms with Gasteiger partial charge in [-0.3, -0.25) is 9.59 Å². The average Bonchev–Trinajstić information content (AvgIpc) is 2.91. The van der Waals surface area contributed by atoms with Crippen molar-refractivity contribution < 1.29 is 38.1 Å². The Bertz CT molecular complexity index is 1370. The first kappa shape index (κ1) is 27.8. The molecule has 1 N–H and O–H groups in total. The van der Waals surface area contributed by atoms with Crippen molar-refractivity contribution in [3.63, 3.8) is 0 Å². The lowest BCUT2D eigenvalue weighted by Gasteiger charge is -2.37. The molecule has 9 heteroatoms. The number of benzene rings is 2. The molecular formula is C30H33NO8. The van der Waals surface area contributed by atoms with Crippen LogP contribution in [0, 0.1) is 0 Å². The third-order valence-electron chi connectivity index (χ3n) is 6.98. The number of ether oxygens (including phenoxy) is 5. The van der Waals surface area contributed by atoms with E-state index in [1.165, 1.54) is 14.0 Å². The largest absolute Gasteiger partial charge is 0.493 e. The van der Waals surface area contributed by atoms with Crippen LogP contribution in [0.3, 0.4) is 0 Å². The first-order chi connectivity index (χ1) is 18.7. The molecule has 0 fully saturated rings. The summed E-state index contributed by atoms with van der Waals surface area (Å²) in [6, 6.07) is 10.7. The molecular weight excluding hydrogens is 502 g/mol. The molecule has 1 heterocycles. The van der Waals surface area contributed by atoms with Crippen molar-refractivity contribution >= 4 is 17.7 Å². The highest BCUT2D eigenvalue weighted by molar-refractivity contribution is 6.04. The van der Waals surface area contributed by atoms with E-state index in [2.05, 4.69) is 5.32 Å². The van der Waals surface area contributed by atoms with Crippen LogP contribution in [0.1, 0.15) is 56.6 Å². The fourth-order valence-corrected chi connectivity index (χ4v) is 5.30. The van der Waals surface area contributed by atoms with Crippen LogP contribution >= 0.6 is 0 Å². The van der Waals surface area contributed by atoms with Crippen LogP contribution in [-0.2, 0) is 19.1 Å². The number of hydrogen-bond acceptors (Lipinski definition) is 9. The van der Waals surface area contributed by atoms with Gasteiger partial charge < -0.3 is 29.0 Å². The van der Waals surface area contributed by atoms with E-state index in [1.807, 2.05) is 18.2 Å². The Balaban J connectivity index is 1.80. The number of carbonyl (C=O) groups is 3. The lowest BCUT2D eigenvalue weighted by molar-refractivity contribution is -0.139. The van der Waals surface area contributed by atoms with Crippen LogP contribution < -0.4 is 24.3 Å². The van der Waals surface area contributed by atoms with Crippen LogP contribution in [0.2, 0.25) is 0 Å². The number of Topliss-reactive ketones (excluding diaryl/α,β-unsaturated/α-hetero) is 1. The maximum atomic E-state index is 13.8. The van der Waals surface area contributed by atoms with Gasteiger partial charge in [-0.1, -0.05) is 12.1 Å². The van der Waals surface area contributed by atoms with Crippen LogP contribution in [-0.4, -0.2) is 45.7 Å². The van der Waals surface area contributed by atoms with Crippen LogP contribution in [0.25, 0.3) is 0 Å². The first-order valence-electron chi connectivity index (χ1n) is 12.7. The van der Waals surface area contributed by atoms with E-state index < -0.39 is 17.9 Å². The van der Waals surface area contributed by atoms with Gasteiger partial charge in [-0.25, -0.2) is 4.79 Å². The molecule has 0 radical (unpaired) electrons. The molecule has 2 aromatic rings. The van der Waals surface area contributed by atoms with Gasteiger partial charge in [-0.15, -0.1) is 0 Å². The number of rotatable bonds is 8. The van der Waals surface area contributed by atoms with Gasteiger partial charge in [0.2, 0.25) is 0 Å². The Kier molecular flexibility index (Phi) is 8.28. The van der Waals surface area contributed by atoms with E-state index in [0.29, 0.717) is 46.1 Å². The van der Waals surface area contributed by atoms with E-state index in [9.17, 15) is 14.4 Å². The Morgan fingerprint density at radius 2 is 1.51 bits per heavy atom. The summed E-state index contributed by atoms with van der Waals surface area (Å²) < 4.78 is 27.0. The van der Waals surface area contributed by atoms with Crippen LogP contribution in [0.15, 0.2) is 58.9 Å². The number of dihydropyridines is 1. The van der Waals surface area contributed by atoms with Gasteiger partial charge in [-0.2, -0.15) is 0 Å². The number of ketones is 1. The first-order valence-corrected chi connectivity index (χ1v) is 12.7. The number of methoxy groups -OCH3 is 3. The van der Waals surface area contributed by atoms with Gasteiger partial charge in [0.1, 0.15) is 0 Å². The fraction of sp³-hybridized carbons (Fsp3) is 0.367. The Labute approximate surface area is 227 Å². The van der Waals surface area contributed by atoms with Gasteiger partial charge in [0.15, 0.2) is 28.8 Å². The van der Waals surface area contributed by atoms with Crippen molar-refractivity contribution in [1.29, 1.82) is 0 Å². The van der Waals surface area contributed by atoms with Gasteiger partial charge in [0.25, 0.3) is 0 Å². The third-order valence-corrected chi connectivity index (χ3v) is 6.98. The lowest BCUT2D eigenvalue weighted by Crippen LogP contribution is -2.36.